The average Bonchev–Trinajstić information content (AvgIpc) is 3.20. The SMILES string of the molecule is O=C(Nc1cnn(-c2ncccn2)c1)C12CC1C2. The molecule has 0 radical (unpaired) electrons. The highest BCUT2D eigenvalue weighted by Gasteiger charge is 2.74. The van der Waals surface area contributed by atoms with Crippen molar-refractivity contribution >= 4 is 11.6 Å². The van der Waals surface area contributed by atoms with Gasteiger partial charge >= 0.3 is 0 Å². The molecule has 2 heterocycles. The van der Waals surface area contributed by atoms with Crippen LogP contribution in [0.2, 0.25) is 0 Å². The Hall–Kier alpha value is -2.24. The molecule has 2 aliphatic rings. The zero-order valence-electron chi connectivity index (χ0n) is 9.58. The lowest BCUT2D eigenvalue weighted by atomic mass is 10.2. The first kappa shape index (κ1) is 9.76. The summed E-state index contributed by atoms with van der Waals surface area (Å²) in [6.07, 6.45) is 8.75. The van der Waals surface area contributed by atoms with Gasteiger partial charge in [-0.15, -0.1) is 0 Å². The Morgan fingerprint density at radius 2 is 2.11 bits per heavy atom. The maximum absolute atomic E-state index is 11.9. The summed E-state index contributed by atoms with van der Waals surface area (Å²) in [5, 5.41) is 7.03. The van der Waals surface area contributed by atoms with Crippen LogP contribution < -0.4 is 5.32 Å². The Balaban J connectivity index is 1.53. The van der Waals surface area contributed by atoms with Crippen LogP contribution in [-0.4, -0.2) is 25.7 Å². The molecule has 6 heteroatoms. The molecule has 0 atom stereocenters. The van der Waals surface area contributed by atoms with Crippen LogP contribution in [0, 0.1) is 11.3 Å². The van der Waals surface area contributed by atoms with E-state index in [-0.39, 0.29) is 11.3 Å². The van der Waals surface area contributed by atoms with Crippen LogP contribution in [0.15, 0.2) is 30.9 Å². The van der Waals surface area contributed by atoms with Crippen molar-refractivity contribution in [1.82, 2.24) is 19.7 Å². The molecule has 2 aliphatic carbocycles. The Kier molecular flexibility index (Phi) is 1.71. The molecular weight excluding hydrogens is 230 g/mol. The monoisotopic (exact) mass is 241 g/mol. The Labute approximate surface area is 103 Å². The number of aromatic nitrogens is 4. The van der Waals surface area contributed by atoms with Gasteiger partial charge in [-0.05, 0) is 24.8 Å². The maximum atomic E-state index is 11.9. The van der Waals surface area contributed by atoms with Crippen molar-refractivity contribution in [2.75, 3.05) is 5.32 Å². The van der Waals surface area contributed by atoms with Crippen molar-refractivity contribution in [2.45, 2.75) is 12.8 Å². The molecule has 18 heavy (non-hydrogen) atoms. The number of rotatable bonds is 3. The zero-order chi connectivity index (χ0) is 12.2. The Morgan fingerprint density at radius 3 is 2.78 bits per heavy atom. The van der Waals surface area contributed by atoms with Crippen LogP contribution in [0.1, 0.15) is 12.8 Å². The Bertz CT molecular complexity index is 614. The molecule has 2 saturated carbocycles. The van der Waals surface area contributed by atoms with Crippen LogP contribution in [-0.2, 0) is 4.79 Å². The van der Waals surface area contributed by atoms with Gasteiger partial charge in [0.25, 0.3) is 0 Å². The van der Waals surface area contributed by atoms with E-state index < -0.39 is 0 Å². The van der Waals surface area contributed by atoms with Crippen molar-refractivity contribution < 1.29 is 4.79 Å². The highest BCUT2D eigenvalue weighted by atomic mass is 16.2. The van der Waals surface area contributed by atoms with Gasteiger partial charge < -0.3 is 5.32 Å². The molecule has 4 rings (SSSR count). The van der Waals surface area contributed by atoms with Gasteiger partial charge in [0.2, 0.25) is 11.9 Å². The number of hydrogen-bond donors (Lipinski definition) is 1. The number of fused-ring (bicyclic) bond motifs is 1. The molecule has 1 amide bonds. The lowest BCUT2D eigenvalue weighted by molar-refractivity contribution is -0.119. The highest BCUT2D eigenvalue weighted by molar-refractivity contribution is 6.00. The second kappa shape index (κ2) is 3.16. The number of nitrogens with one attached hydrogen (secondary N) is 1. The van der Waals surface area contributed by atoms with Gasteiger partial charge in [-0.3, -0.25) is 4.79 Å². The average molecular weight is 241 g/mol. The van der Waals surface area contributed by atoms with E-state index in [0.717, 1.165) is 12.8 Å². The van der Waals surface area contributed by atoms with Gasteiger partial charge in [-0.1, -0.05) is 0 Å². The van der Waals surface area contributed by atoms with E-state index >= 15 is 0 Å². The molecule has 2 fully saturated rings. The second-order valence-electron chi connectivity index (χ2n) is 4.94. The largest absolute Gasteiger partial charge is 0.323 e. The van der Waals surface area contributed by atoms with Crippen LogP contribution in [0.3, 0.4) is 0 Å². The molecule has 6 nitrogen and oxygen atoms in total. The van der Waals surface area contributed by atoms with Crippen LogP contribution >= 0.6 is 0 Å². The summed E-state index contributed by atoms with van der Waals surface area (Å²) in [6, 6.07) is 1.75. The van der Waals surface area contributed by atoms with Crippen molar-refractivity contribution in [3.05, 3.63) is 30.9 Å². The van der Waals surface area contributed by atoms with Crippen molar-refractivity contribution in [2.24, 2.45) is 11.3 Å². The highest BCUT2D eigenvalue weighted by Crippen LogP contribution is 2.75. The van der Waals surface area contributed by atoms with E-state index in [9.17, 15) is 4.79 Å². The number of nitrogens with zero attached hydrogens (tertiary/aromatic N) is 4. The van der Waals surface area contributed by atoms with Crippen molar-refractivity contribution in [1.29, 1.82) is 0 Å². The van der Waals surface area contributed by atoms with Crippen LogP contribution in [0.4, 0.5) is 5.69 Å². The first-order chi connectivity index (χ1) is 8.78. The fourth-order valence-electron chi connectivity index (χ4n) is 2.23. The smallest absolute Gasteiger partial charge is 0.250 e. The van der Waals surface area contributed by atoms with Gasteiger partial charge in [0.15, 0.2) is 0 Å². The number of hydrogen-bond acceptors (Lipinski definition) is 4. The van der Waals surface area contributed by atoms with E-state index in [4.69, 9.17) is 0 Å². The molecule has 0 aliphatic heterocycles. The van der Waals surface area contributed by atoms with Gasteiger partial charge in [0.05, 0.1) is 23.5 Å². The third kappa shape index (κ3) is 1.35. The molecule has 0 unspecified atom stereocenters. The molecule has 0 saturated heterocycles. The standard InChI is InChI=1S/C12H11N5O/c18-10(12-4-8(12)5-12)16-9-6-15-17(7-9)11-13-2-1-3-14-11/h1-3,6-8H,4-5H2,(H,16,18). The van der Waals surface area contributed by atoms with Gasteiger partial charge in [-0.2, -0.15) is 5.10 Å². The van der Waals surface area contributed by atoms with E-state index in [1.807, 2.05) is 0 Å². The van der Waals surface area contributed by atoms with Crippen LogP contribution in [0.25, 0.3) is 5.95 Å². The molecular formula is C12H11N5O. The third-order valence-corrected chi connectivity index (χ3v) is 3.73. The Morgan fingerprint density at radius 1 is 1.39 bits per heavy atom. The lowest BCUT2D eigenvalue weighted by Crippen LogP contribution is -2.17. The number of carbonyl (C=O) groups is 1. The fourth-order valence-corrected chi connectivity index (χ4v) is 2.23. The minimum Gasteiger partial charge on any atom is -0.323 e. The lowest BCUT2D eigenvalue weighted by Gasteiger charge is -2.03. The molecule has 0 bridgehead atoms. The molecule has 2 aromatic rings. The summed E-state index contributed by atoms with van der Waals surface area (Å²) in [5.41, 5.74) is 0.671. The second-order valence-corrected chi connectivity index (χ2v) is 4.94. The number of amides is 1. The predicted octanol–water partition coefficient (Wildman–Crippen LogP) is 1.01. The summed E-state index contributed by atoms with van der Waals surface area (Å²) in [7, 11) is 0. The molecule has 0 aromatic carbocycles. The summed E-state index contributed by atoms with van der Waals surface area (Å²) in [6.45, 7) is 0. The molecule has 2 aromatic heterocycles. The maximum Gasteiger partial charge on any atom is 0.250 e. The minimum absolute atomic E-state index is 0.0225. The van der Waals surface area contributed by atoms with Crippen molar-refractivity contribution in [3.63, 3.8) is 0 Å². The van der Waals surface area contributed by atoms with Gasteiger partial charge in [0.1, 0.15) is 0 Å². The fraction of sp³-hybridized carbons (Fsp3) is 0.333. The van der Waals surface area contributed by atoms with E-state index in [2.05, 4.69) is 20.4 Å². The summed E-state index contributed by atoms with van der Waals surface area (Å²) in [5.74, 6) is 1.26. The molecule has 0 spiro atoms. The zero-order valence-corrected chi connectivity index (χ0v) is 9.58. The summed E-state index contributed by atoms with van der Waals surface area (Å²) in [4.78, 5) is 20.1. The van der Waals surface area contributed by atoms with Crippen LogP contribution in [0.5, 0.6) is 0 Å². The van der Waals surface area contributed by atoms with Gasteiger partial charge in [-0.25, -0.2) is 14.6 Å². The van der Waals surface area contributed by atoms with Crippen molar-refractivity contribution in [3.8, 4) is 5.95 Å². The summed E-state index contributed by atoms with van der Waals surface area (Å²) >= 11 is 0. The van der Waals surface area contributed by atoms with E-state index in [1.54, 1.807) is 35.5 Å². The predicted molar refractivity (Wildman–Crippen MR) is 62.9 cm³/mol. The van der Waals surface area contributed by atoms with E-state index in [0.29, 0.717) is 17.6 Å². The van der Waals surface area contributed by atoms with E-state index in [1.165, 1.54) is 0 Å². The third-order valence-electron chi connectivity index (χ3n) is 3.73. The quantitative estimate of drug-likeness (QED) is 0.870. The normalized spacial score (nSPS) is 27.4. The number of carbonyl (C=O) groups excluding carboxylic acids is 1. The minimum atomic E-state index is -0.0225. The molecule has 1 N–H and O–H groups in total. The molecule has 90 valence electrons. The first-order valence-electron chi connectivity index (χ1n) is 5.91. The summed E-state index contributed by atoms with van der Waals surface area (Å²) < 4.78 is 1.55. The van der Waals surface area contributed by atoms with Gasteiger partial charge in [0, 0.05) is 12.4 Å². The first-order valence-corrected chi connectivity index (χ1v) is 5.91. The number of anilines is 1. The topological polar surface area (TPSA) is 72.7 Å².